The van der Waals surface area contributed by atoms with Crippen molar-refractivity contribution in [3.05, 3.63) is 0 Å². The van der Waals surface area contributed by atoms with Gasteiger partial charge in [0.25, 0.3) is 0 Å². The largest absolute Gasteiger partial charge is 0.395 e. The smallest absolute Gasteiger partial charge is 0.226 e. The maximum Gasteiger partial charge on any atom is 0.226 e. The van der Waals surface area contributed by atoms with Crippen molar-refractivity contribution < 1.29 is 9.90 Å². The highest BCUT2D eigenvalue weighted by Gasteiger charge is 2.43. The van der Waals surface area contributed by atoms with Crippen molar-refractivity contribution in [3.63, 3.8) is 0 Å². The highest BCUT2D eigenvalue weighted by molar-refractivity contribution is 5.82. The highest BCUT2D eigenvalue weighted by Crippen LogP contribution is 2.40. The summed E-state index contributed by atoms with van der Waals surface area (Å²) >= 11 is 0. The Morgan fingerprint density at radius 3 is 2.50 bits per heavy atom. The molecule has 0 aromatic heterocycles. The van der Waals surface area contributed by atoms with Gasteiger partial charge in [0, 0.05) is 18.5 Å². The molecular formula is C11H19NO2. The zero-order valence-electron chi connectivity index (χ0n) is 8.78. The lowest BCUT2D eigenvalue weighted by atomic mass is 9.91. The van der Waals surface area contributed by atoms with Gasteiger partial charge in [0.15, 0.2) is 0 Å². The van der Waals surface area contributed by atoms with Crippen molar-refractivity contribution in [3.8, 4) is 0 Å². The molecule has 2 saturated carbocycles. The number of hydrogen-bond donors (Lipinski definition) is 1. The van der Waals surface area contributed by atoms with Crippen molar-refractivity contribution in [2.24, 2.45) is 11.8 Å². The molecule has 0 saturated heterocycles. The quantitative estimate of drug-likeness (QED) is 0.731. The van der Waals surface area contributed by atoms with Crippen LogP contribution in [0.1, 0.15) is 32.6 Å². The molecule has 2 aliphatic carbocycles. The molecule has 2 unspecified atom stereocenters. The summed E-state index contributed by atoms with van der Waals surface area (Å²) in [6, 6.07) is 0.433. The van der Waals surface area contributed by atoms with Crippen molar-refractivity contribution in [1.82, 2.24) is 4.90 Å². The maximum atomic E-state index is 12.0. The van der Waals surface area contributed by atoms with Crippen LogP contribution in [0.4, 0.5) is 0 Å². The Hall–Kier alpha value is -0.570. The Bertz CT molecular complexity index is 225. The molecule has 0 aliphatic heterocycles. The van der Waals surface area contributed by atoms with E-state index in [9.17, 15) is 4.79 Å². The van der Waals surface area contributed by atoms with Crippen molar-refractivity contribution in [2.45, 2.75) is 38.6 Å². The summed E-state index contributed by atoms with van der Waals surface area (Å²) < 4.78 is 0. The third-order valence-corrected chi connectivity index (χ3v) is 3.57. The number of aliphatic hydroxyl groups is 1. The van der Waals surface area contributed by atoms with E-state index in [0.717, 1.165) is 19.3 Å². The number of hydrogen-bond acceptors (Lipinski definition) is 2. The molecule has 0 radical (unpaired) electrons. The van der Waals surface area contributed by atoms with Gasteiger partial charge in [-0.1, -0.05) is 6.92 Å². The van der Waals surface area contributed by atoms with E-state index in [0.29, 0.717) is 18.5 Å². The highest BCUT2D eigenvalue weighted by atomic mass is 16.3. The van der Waals surface area contributed by atoms with Crippen LogP contribution in [0.3, 0.4) is 0 Å². The number of carbonyl (C=O) groups is 1. The summed E-state index contributed by atoms with van der Waals surface area (Å²) in [5, 5.41) is 8.93. The van der Waals surface area contributed by atoms with Gasteiger partial charge in [-0.3, -0.25) is 4.79 Å². The topological polar surface area (TPSA) is 40.5 Å². The van der Waals surface area contributed by atoms with Gasteiger partial charge in [-0.25, -0.2) is 0 Å². The fourth-order valence-electron chi connectivity index (χ4n) is 2.16. The number of aliphatic hydroxyl groups excluding tert-OH is 1. The molecule has 0 aromatic rings. The van der Waals surface area contributed by atoms with Crippen LogP contribution >= 0.6 is 0 Å². The van der Waals surface area contributed by atoms with E-state index < -0.39 is 0 Å². The number of carbonyl (C=O) groups excluding carboxylic acids is 1. The van der Waals surface area contributed by atoms with Crippen LogP contribution in [-0.4, -0.2) is 35.1 Å². The second kappa shape index (κ2) is 3.89. The second-order valence-electron chi connectivity index (χ2n) is 4.66. The average molecular weight is 197 g/mol. The predicted molar refractivity (Wildman–Crippen MR) is 53.7 cm³/mol. The normalized spacial score (nSPS) is 31.0. The summed E-state index contributed by atoms with van der Waals surface area (Å²) in [5.74, 6) is 1.13. The molecule has 2 rings (SSSR count). The lowest BCUT2D eigenvalue weighted by Gasteiger charge is -2.37. The first-order chi connectivity index (χ1) is 6.74. The maximum absolute atomic E-state index is 12.0. The van der Waals surface area contributed by atoms with Crippen molar-refractivity contribution in [1.29, 1.82) is 0 Å². The summed E-state index contributed by atoms with van der Waals surface area (Å²) in [6.07, 6.45) is 4.55. The van der Waals surface area contributed by atoms with E-state index in [1.807, 2.05) is 4.90 Å². The van der Waals surface area contributed by atoms with Crippen LogP contribution in [0.5, 0.6) is 0 Å². The van der Waals surface area contributed by atoms with Crippen LogP contribution < -0.4 is 0 Å². The lowest BCUT2D eigenvalue weighted by molar-refractivity contribution is -0.137. The van der Waals surface area contributed by atoms with Crippen LogP contribution in [0.25, 0.3) is 0 Å². The molecule has 3 heteroatoms. The molecule has 80 valence electrons. The zero-order valence-corrected chi connectivity index (χ0v) is 8.78. The molecule has 0 spiro atoms. The first-order valence-corrected chi connectivity index (χ1v) is 5.65. The Kier molecular flexibility index (Phi) is 2.77. The fourth-order valence-corrected chi connectivity index (χ4v) is 2.16. The zero-order chi connectivity index (χ0) is 10.1. The minimum absolute atomic E-state index is 0.101. The molecule has 1 N–H and O–H groups in total. The van der Waals surface area contributed by atoms with Gasteiger partial charge >= 0.3 is 0 Å². The van der Waals surface area contributed by atoms with Crippen LogP contribution in [0, 0.1) is 11.8 Å². The Balaban J connectivity index is 1.91. The summed E-state index contributed by atoms with van der Waals surface area (Å²) in [7, 11) is 0. The molecule has 2 fully saturated rings. The molecule has 1 amide bonds. The van der Waals surface area contributed by atoms with Gasteiger partial charge in [0.05, 0.1) is 6.61 Å². The van der Waals surface area contributed by atoms with Crippen molar-refractivity contribution >= 4 is 5.91 Å². The monoisotopic (exact) mass is 197 g/mol. The van der Waals surface area contributed by atoms with E-state index in [4.69, 9.17) is 5.11 Å². The van der Waals surface area contributed by atoms with Crippen LogP contribution in [-0.2, 0) is 4.79 Å². The second-order valence-corrected chi connectivity index (χ2v) is 4.66. The van der Waals surface area contributed by atoms with Crippen LogP contribution in [0.2, 0.25) is 0 Å². The fraction of sp³-hybridized carbons (Fsp3) is 0.909. The van der Waals surface area contributed by atoms with E-state index in [2.05, 4.69) is 6.92 Å². The summed E-state index contributed by atoms with van der Waals surface area (Å²) in [5.41, 5.74) is 0. The summed E-state index contributed by atoms with van der Waals surface area (Å²) in [4.78, 5) is 13.9. The van der Waals surface area contributed by atoms with Gasteiger partial charge in [0.1, 0.15) is 0 Å². The van der Waals surface area contributed by atoms with E-state index >= 15 is 0 Å². The SMILES string of the molecule is CC1CC1C(=O)N(CCO)C1CCC1. The van der Waals surface area contributed by atoms with E-state index in [1.54, 1.807) is 0 Å². The number of amides is 1. The van der Waals surface area contributed by atoms with Gasteiger partial charge < -0.3 is 10.0 Å². The molecule has 3 nitrogen and oxygen atoms in total. The minimum Gasteiger partial charge on any atom is -0.395 e. The number of nitrogens with zero attached hydrogens (tertiary/aromatic N) is 1. The summed E-state index contributed by atoms with van der Waals surface area (Å²) in [6.45, 7) is 2.76. The Morgan fingerprint density at radius 1 is 1.50 bits per heavy atom. The van der Waals surface area contributed by atoms with Gasteiger partial charge in [-0.15, -0.1) is 0 Å². The van der Waals surface area contributed by atoms with Gasteiger partial charge in [-0.05, 0) is 31.6 Å². The molecule has 0 heterocycles. The average Bonchev–Trinajstić information content (AvgIpc) is 2.77. The van der Waals surface area contributed by atoms with Crippen molar-refractivity contribution in [2.75, 3.05) is 13.2 Å². The van der Waals surface area contributed by atoms with E-state index in [-0.39, 0.29) is 18.4 Å². The van der Waals surface area contributed by atoms with Gasteiger partial charge in [0.2, 0.25) is 5.91 Å². The Labute approximate surface area is 85.1 Å². The molecular weight excluding hydrogens is 178 g/mol. The number of rotatable bonds is 4. The predicted octanol–water partition coefficient (Wildman–Crippen LogP) is 1.02. The third-order valence-electron chi connectivity index (χ3n) is 3.57. The molecule has 2 atom stereocenters. The molecule has 0 aromatic carbocycles. The van der Waals surface area contributed by atoms with Crippen LogP contribution in [0.15, 0.2) is 0 Å². The first kappa shape index (κ1) is 9.97. The van der Waals surface area contributed by atoms with Gasteiger partial charge in [-0.2, -0.15) is 0 Å². The minimum atomic E-state index is 0.101. The first-order valence-electron chi connectivity index (χ1n) is 5.65. The Morgan fingerprint density at radius 2 is 2.14 bits per heavy atom. The third kappa shape index (κ3) is 1.78. The molecule has 0 bridgehead atoms. The lowest BCUT2D eigenvalue weighted by Crippen LogP contribution is -2.46. The van der Waals surface area contributed by atoms with E-state index in [1.165, 1.54) is 6.42 Å². The standard InChI is InChI=1S/C11H19NO2/c1-8-7-10(8)11(14)12(5-6-13)9-3-2-4-9/h8-10,13H,2-7H2,1H3. The molecule has 14 heavy (non-hydrogen) atoms. The molecule has 2 aliphatic rings.